The number of hydrogen-bond acceptors (Lipinski definition) is 0. The van der Waals surface area contributed by atoms with E-state index >= 15 is 0 Å². The predicted octanol–water partition coefficient (Wildman–Crippen LogP) is 6.69. The van der Waals surface area contributed by atoms with Crippen LogP contribution in [0.3, 0.4) is 0 Å². The van der Waals surface area contributed by atoms with E-state index < -0.39 is 21.0 Å². The van der Waals surface area contributed by atoms with Crippen LogP contribution in [0.5, 0.6) is 0 Å². The van der Waals surface area contributed by atoms with Gasteiger partial charge in [0.05, 0.1) is 0 Å². The SMILES string of the molecule is Cl.Cl.[CH2]=[Hf]([C]1=CC(CCCC)=CC1)[C]1=CC(CCCC)=CC1. The second-order valence-electron chi connectivity index (χ2n) is 5.99. The van der Waals surface area contributed by atoms with Crippen molar-refractivity contribution in [2.75, 3.05) is 0 Å². The molecule has 0 saturated carbocycles. The Morgan fingerprint density at radius 2 is 1.27 bits per heavy atom. The van der Waals surface area contributed by atoms with Crippen LogP contribution in [0.15, 0.2) is 42.1 Å². The van der Waals surface area contributed by atoms with Crippen molar-refractivity contribution in [1.82, 2.24) is 0 Å². The summed E-state index contributed by atoms with van der Waals surface area (Å²) >= 11 is -1.87. The van der Waals surface area contributed by atoms with Gasteiger partial charge in [0, 0.05) is 0 Å². The molecule has 0 nitrogen and oxygen atoms in total. The van der Waals surface area contributed by atoms with Crippen LogP contribution in [0.2, 0.25) is 0 Å². The molecule has 124 valence electrons. The molecule has 0 unspecified atom stereocenters. The van der Waals surface area contributed by atoms with Crippen molar-refractivity contribution in [2.45, 2.75) is 65.2 Å². The van der Waals surface area contributed by atoms with Crippen LogP contribution >= 0.6 is 24.8 Å². The summed E-state index contributed by atoms with van der Waals surface area (Å²) in [4.78, 5) is 0. The number of allylic oxidation sites excluding steroid dienone is 8. The van der Waals surface area contributed by atoms with Crippen LogP contribution in [0.4, 0.5) is 0 Å². The van der Waals surface area contributed by atoms with E-state index in [0.717, 1.165) is 0 Å². The van der Waals surface area contributed by atoms with Crippen molar-refractivity contribution in [3.8, 4) is 0 Å². The average molecular weight is 508 g/mol. The molecule has 2 aliphatic rings. The molecule has 0 aliphatic heterocycles. The van der Waals surface area contributed by atoms with E-state index in [0.29, 0.717) is 0 Å². The summed E-state index contributed by atoms with van der Waals surface area (Å²) in [5.41, 5.74) is 3.18. The maximum atomic E-state index is 4.64. The molecule has 0 aromatic carbocycles. The Morgan fingerprint density at radius 1 is 0.864 bits per heavy atom. The van der Waals surface area contributed by atoms with E-state index in [9.17, 15) is 0 Å². The zero-order chi connectivity index (χ0) is 14.4. The second kappa shape index (κ2) is 11.8. The fourth-order valence-corrected chi connectivity index (χ4v) is 9.47. The molecule has 2 rings (SSSR count). The van der Waals surface area contributed by atoms with E-state index in [-0.39, 0.29) is 24.8 Å². The molecule has 3 heteroatoms. The predicted molar refractivity (Wildman–Crippen MR) is 102 cm³/mol. The number of rotatable bonds is 8. The number of hydrogen-bond donors (Lipinski definition) is 0. The second-order valence-corrected chi connectivity index (χ2v) is 14.0. The first-order chi connectivity index (χ1) is 9.74. The topological polar surface area (TPSA) is 0 Å². The summed E-state index contributed by atoms with van der Waals surface area (Å²) in [5, 5.41) is 0. The van der Waals surface area contributed by atoms with Gasteiger partial charge in [-0.25, -0.2) is 0 Å². The Bertz CT molecular complexity index is 452. The molecule has 0 radical (unpaired) electrons. The van der Waals surface area contributed by atoms with Gasteiger partial charge in [0.25, 0.3) is 0 Å². The van der Waals surface area contributed by atoms with Crippen molar-refractivity contribution in [3.05, 3.63) is 42.1 Å². The quantitative estimate of drug-likeness (QED) is 0.321. The molecule has 0 heterocycles. The van der Waals surface area contributed by atoms with Crippen molar-refractivity contribution in [2.24, 2.45) is 0 Å². The fraction of sp³-hybridized carbons (Fsp3) is 0.526. The van der Waals surface area contributed by atoms with Gasteiger partial charge in [-0.05, 0) is 0 Å². The molecular weight excluding hydrogens is 478 g/mol. The van der Waals surface area contributed by atoms with Gasteiger partial charge < -0.3 is 0 Å². The van der Waals surface area contributed by atoms with E-state index in [4.69, 9.17) is 0 Å². The zero-order valence-corrected chi connectivity index (χ0v) is 19.2. The van der Waals surface area contributed by atoms with Crippen molar-refractivity contribution >= 4 is 29.1 Å². The van der Waals surface area contributed by atoms with Gasteiger partial charge in [-0.3, -0.25) is 0 Å². The van der Waals surface area contributed by atoms with Gasteiger partial charge in [-0.1, -0.05) is 0 Å². The molecular formula is C19H30Cl2Hf. The fourth-order valence-electron chi connectivity index (χ4n) is 2.90. The van der Waals surface area contributed by atoms with Crippen LogP contribution < -0.4 is 0 Å². The summed E-state index contributed by atoms with van der Waals surface area (Å²) in [6.07, 6.45) is 20.2. The molecule has 0 spiro atoms. The molecule has 0 bridgehead atoms. The van der Waals surface area contributed by atoms with Gasteiger partial charge >= 0.3 is 133 Å². The van der Waals surface area contributed by atoms with Gasteiger partial charge in [-0.2, -0.15) is 0 Å². The van der Waals surface area contributed by atoms with Gasteiger partial charge in [0.2, 0.25) is 0 Å². The summed E-state index contributed by atoms with van der Waals surface area (Å²) in [6.45, 7) is 4.55. The molecule has 0 atom stereocenters. The first kappa shape index (κ1) is 22.3. The van der Waals surface area contributed by atoms with Gasteiger partial charge in [-0.15, -0.1) is 24.8 Å². The normalized spacial score (nSPS) is 16.1. The molecule has 0 fully saturated rings. The molecule has 0 saturated heterocycles. The third kappa shape index (κ3) is 6.42. The molecule has 22 heavy (non-hydrogen) atoms. The molecule has 2 aliphatic carbocycles. The van der Waals surface area contributed by atoms with E-state index in [1.807, 2.05) is 0 Å². The molecule has 0 N–H and O–H groups in total. The summed E-state index contributed by atoms with van der Waals surface area (Å²) < 4.78 is 8.11. The van der Waals surface area contributed by atoms with Crippen molar-refractivity contribution < 1.29 is 21.0 Å². The minimum atomic E-state index is -1.87. The number of halogens is 2. The molecule has 0 amide bonds. The molecule has 0 aromatic rings. The van der Waals surface area contributed by atoms with Crippen molar-refractivity contribution in [3.63, 3.8) is 0 Å². The van der Waals surface area contributed by atoms with Crippen LogP contribution in [0, 0.1) is 0 Å². The Morgan fingerprint density at radius 3 is 1.64 bits per heavy atom. The Kier molecular flexibility index (Phi) is 11.9. The van der Waals surface area contributed by atoms with Crippen molar-refractivity contribution in [1.29, 1.82) is 0 Å². The average Bonchev–Trinajstić information content (AvgIpc) is 3.11. The third-order valence-electron chi connectivity index (χ3n) is 4.30. The Hall–Kier alpha value is 0.280. The summed E-state index contributed by atoms with van der Waals surface area (Å²) in [6, 6.07) is 0. The van der Waals surface area contributed by atoms with E-state index in [1.54, 1.807) is 17.8 Å². The van der Waals surface area contributed by atoms with Crippen LogP contribution in [0.25, 0.3) is 0 Å². The number of unbranched alkanes of at least 4 members (excludes halogenated alkanes) is 2. The van der Waals surface area contributed by atoms with Gasteiger partial charge in [0.1, 0.15) is 0 Å². The Labute approximate surface area is 156 Å². The maximum absolute atomic E-state index is 4.64. The monoisotopic (exact) mass is 508 g/mol. The molecule has 0 aromatic heterocycles. The van der Waals surface area contributed by atoms with Gasteiger partial charge in [0.15, 0.2) is 0 Å². The van der Waals surface area contributed by atoms with Crippen LogP contribution in [-0.2, 0) is 21.0 Å². The summed E-state index contributed by atoms with van der Waals surface area (Å²) in [7, 11) is 0. The summed E-state index contributed by atoms with van der Waals surface area (Å²) in [5.74, 6) is 0. The first-order valence-corrected chi connectivity index (χ1v) is 14.4. The van der Waals surface area contributed by atoms with Crippen LogP contribution in [0.1, 0.15) is 65.2 Å². The Balaban J connectivity index is 0.00000220. The first-order valence-electron chi connectivity index (χ1n) is 8.23. The van der Waals surface area contributed by atoms with Crippen LogP contribution in [-0.4, -0.2) is 4.26 Å². The third-order valence-corrected chi connectivity index (χ3v) is 12.4. The standard InChI is InChI=1S/2C9H13.CH2.2ClH.Hf/c2*1-2-3-6-9-7-4-5-8-9;;;;/h2*7-8H,2-4,6H2,1H3;1H2;2*1H;. The van der Waals surface area contributed by atoms with E-state index in [2.05, 4.69) is 42.4 Å². The van der Waals surface area contributed by atoms with E-state index in [1.165, 1.54) is 51.4 Å². The zero-order valence-electron chi connectivity index (χ0n) is 14.0. The minimum absolute atomic E-state index is 0.